The van der Waals surface area contributed by atoms with Crippen LogP contribution < -0.4 is 10.2 Å². The number of benzene rings is 3. The van der Waals surface area contributed by atoms with Crippen LogP contribution in [0.5, 0.6) is 0 Å². The third kappa shape index (κ3) is 3.17. The van der Waals surface area contributed by atoms with Crippen LogP contribution in [0.2, 0.25) is 5.02 Å². The van der Waals surface area contributed by atoms with E-state index >= 15 is 0 Å². The molecule has 0 aromatic heterocycles. The number of amides is 2. The molecule has 4 rings (SSSR count). The van der Waals surface area contributed by atoms with E-state index < -0.39 is 17.6 Å². The fourth-order valence-corrected chi connectivity index (χ4v) is 3.17. The van der Waals surface area contributed by atoms with Gasteiger partial charge in [0.25, 0.3) is 11.8 Å². The monoisotopic (exact) mass is 392 g/mol. The summed E-state index contributed by atoms with van der Waals surface area (Å²) in [5.41, 5.74) is 1.31. The van der Waals surface area contributed by atoms with Gasteiger partial charge in [-0.3, -0.25) is 9.59 Å². The van der Waals surface area contributed by atoms with E-state index in [9.17, 15) is 14.0 Å². The normalized spacial score (nSPS) is 14.0. The Morgan fingerprint density at radius 1 is 0.786 bits per heavy atom. The van der Waals surface area contributed by atoms with Crippen molar-refractivity contribution in [2.75, 3.05) is 10.2 Å². The zero-order valence-electron chi connectivity index (χ0n) is 14.5. The molecule has 3 aromatic rings. The largest absolute Gasteiger partial charge is 0.350 e. The lowest BCUT2D eigenvalue weighted by Crippen LogP contribution is -2.33. The average molecular weight is 393 g/mol. The first kappa shape index (κ1) is 17.9. The highest BCUT2D eigenvalue weighted by Crippen LogP contribution is 2.35. The molecule has 0 spiro atoms. The fraction of sp³-hybridized carbons (Fsp3) is 0. The van der Waals surface area contributed by atoms with Crippen molar-refractivity contribution in [2.24, 2.45) is 0 Å². The molecule has 1 aliphatic rings. The van der Waals surface area contributed by atoms with Gasteiger partial charge in [-0.15, -0.1) is 0 Å². The van der Waals surface area contributed by atoms with Gasteiger partial charge in [0.2, 0.25) is 0 Å². The minimum atomic E-state index is -0.652. The molecular formula is C22H14ClFN2O2. The highest BCUT2D eigenvalue weighted by atomic mass is 35.5. The van der Waals surface area contributed by atoms with E-state index in [0.717, 1.165) is 4.90 Å². The first-order valence-corrected chi connectivity index (χ1v) is 8.89. The van der Waals surface area contributed by atoms with E-state index in [4.69, 9.17) is 11.6 Å². The number of carbonyl (C=O) groups excluding carboxylic acids is 2. The number of halogens is 2. The number of hydrogen-bond acceptors (Lipinski definition) is 3. The number of para-hydroxylation sites is 2. The van der Waals surface area contributed by atoms with Gasteiger partial charge in [0.05, 0.1) is 11.3 Å². The van der Waals surface area contributed by atoms with Crippen LogP contribution in [0.25, 0.3) is 5.57 Å². The summed E-state index contributed by atoms with van der Waals surface area (Å²) in [6.45, 7) is 0. The number of nitrogens with zero attached hydrogens (tertiary/aromatic N) is 1. The van der Waals surface area contributed by atoms with Crippen molar-refractivity contribution in [1.29, 1.82) is 0 Å². The van der Waals surface area contributed by atoms with Crippen LogP contribution >= 0.6 is 11.6 Å². The maximum absolute atomic E-state index is 14.3. The van der Waals surface area contributed by atoms with Gasteiger partial charge in [0.1, 0.15) is 11.5 Å². The maximum Gasteiger partial charge on any atom is 0.282 e. The van der Waals surface area contributed by atoms with E-state index in [-0.39, 0.29) is 17.0 Å². The Bertz CT molecular complexity index is 1100. The van der Waals surface area contributed by atoms with Crippen molar-refractivity contribution in [1.82, 2.24) is 0 Å². The van der Waals surface area contributed by atoms with E-state index in [0.29, 0.717) is 16.3 Å². The minimum Gasteiger partial charge on any atom is -0.350 e. The molecule has 1 N–H and O–H groups in total. The molecule has 0 saturated carbocycles. The third-order valence-corrected chi connectivity index (χ3v) is 4.61. The van der Waals surface area contributed by atoms with E-state index in [1.54, 1.807) is 54.6 Å². The lowest BCUT2D eigenvalue weighted by molar-refractivity contribution is -0.120. The molecule has 4 nitrogen and oxygen atoms in total. The molecule has 0 aliphatic carbocycles. The minimum absolute atomic E-state index is 0.0850. The molecule has 0 atom stereocenters. The summed E-state index contributed by atoms with van der Waals surface area (Å²) in [5.74, 6) is -1.87. The second kappa shape index (κ2) is 7.29. The number of imide groups is 1. The van der Waals surface area contributed by atoms with Crippen LogP contribution in [0.3, 0.4) is 0 Å². The van der Waals surface area contributed by atoms with Crippen LogP contribution in [-0.2, 0) is 9.59 Å². The van der Waals surface area contributed by atoms with E-state index in [1.807, 2.05) is 6.07 Å². The van der Waals surface area contributed by atoms with Crippen LogP contribution in [0.4, 0.5) is 15.8 Å². The molecule has 0 fully saturated rings. The smallest absolute Gasteiger partial charge is 0.282 e. The summed E-state index contributed by atoms with van der Waals surface area (Å²) in [6.07, 6.45) is 0. The van der Waals surface area contributed by atoms with Crippen molar-refractivity contribution in [3.8, 4) is 0 Å². The zero-order chi connectivity index (χ0) is 19.7. The average Bonchev–Trinajstić information content (AvgIpc) is 2.94. The number of carbonyl (C=O) groups is 2. The Kier molecular flexibility index (Phi) is 4.67. The molecule has 1 aliphatic heterocycles. The van der Waals surface area contributed by atoms with Crippen molar-refractivity contribution >= 4 is 40.4 Å². The molecule has 6 heteroatoms. The summed E-state index contributed by atoms with van der Waals surface area (Å²) in [4.78, 5) is 27.1. The van der Waals surface area contributed by atoms with Crippen molar-refractivity contribution in [2.45, 2.75) is 0 Å². The SMILES string of the molecule is O=C1C(Nc2ccccc2)=C(c2ccc(Cl)cc2)C(=O)N1c1ccccc1F. The zero-order valence-corrected chi connectivity index (χ0v) is 15.3. The maximum atomic E-state index is 14.3. The molecule has 0 unspecified atom stereocenters. The molecular weight excluding hydrogens is 379 g/mol. The molecule has 0 bridgehead atoms. The molecule has 1 heterocycles. The molecule has 0 radical (unpaired) electrons. The third-order valence-electron chi connectivity index (χ3n) is 4.35. The number of rotatable bonds is 4. The molecule has 138 valence electrons. The van der Waals surface area contributed by atoms with Gasteiger partial charge in [0.15, 0.2) is 0 Å². The van der Waals surface area contributed by atoms with Gasteiger partial charge in [-0.25, -0.2) is 9.29 Å². The molecule has 0 saturated heterocycles. The quantitative estimate of drug-likeness (QED) is 0.644. The standard InChI is InChI=1S/C22H14ClFN2O2/c23-15-12-10-14(11-13-15)19-20(25-16-6-2-1-3-7-16)22(28)26(21(19)27)18-9-5-4-8-17(18)24/h1-13,25H. The van der Waals surface area contributed by atoms with Crippen molar-refractivity contribution in [3.05, 3.63) is 101 Å². The summed E-state index contributed by atoms with van der Waals surface area (Å²) >= 11 is 5.95. The molecule has 2 amide bonds. The highest BCUT2D eigenvalue weighted by molar-refractivity contribution is 6.46. The van der Waals surface area contributed by atoms with Gasteiger partial charge < -0.3 is 5.32 Å². The fourth-order valence-electron chi connectivity index (χ4n) is 3.05. The van der Waals surface area contributed by atoms with Gasteiger partial charge in [-0.1, -0.05) is 54.1 Å². The topological polar surface area (TPSA) is 49.4 Å². The van der Waals surface area contributed by atoms with Gasteiger partial charge in [-0.05, 0) is 42.0 Å². The van der Waals surface area contributed by atoms with Crippen molar-refractivity contribution in [3.63, 3.8) is 0 Å². The Morgan fingerprint density at radius 3 is 2.11 bits per heavy atom. The molecule has 3 aromatic carbocycles. The highest BCUT2D eigenvalue weighted by Gasteiger charge is 2.41. The summed E-state index contributed by atoms with van der Waals surface area (Å²) < 4.78 is 14.3. The number of hydrogen-bond donors (Lipinski definition) is 1. The van der Waals surface area contributed by atoms with E-state index in [2.05, 4.69) is 5.32 Å². The van der Waals surface area contributed by atoms with Crippen LogP contribution in [0, 0.1) is 5.82 Å². The number of nitrogens with one attached hydrogen (secondary N) is 1. The molecule has 28 heavy (non-hydrogen) atoms. The first-order valence-electron chi connectivity index (χ1n) is 8.52. The Hall–Kier alpha value is -3.44. The Morgan fingerprint density at radius 2 is 1.43 bits per heavy atom. The predicted octanol–water partition coefficient (Wildman–Crippen LogP) is 4.88. The lowest BCUT2D eigenvalue weighted by Gasteiger charge is -2.16. The Labute approximate surface area is 165 Å². The summed E-state index contributed by atoms with van der Waals surface area (Å²) in [6, 6.07) is 21.3. The van der Waals surface area contributed by atoms with E-state index in [1.165, 1.54) is 18.2 Å². The second-order valence-electron chi connectivity index (χ2n) is 6.15. The first-order chi connectivity index (χ1) is 13.6. The van der Waals surface area contributed by atoms with Gasteiger partial charge >= 0.3 is 0 Å². The number of anilines is 2. The predicted molar refractivity (Wildman–Crippen MR) is 107 cm³/mol. The van der Waals surface area contributed by atoms with Gasteiger partial charge in [-0.2, -0.15) is 0 Å². The van der Waals surface area contributed by atoms with Crippen LogP contribution in [0.1, 0.15) is 5.56 Å². The van der Waals surface area contributed by atoms with Crippen LogP contribution in [0.15, 0.2) is 84.6 Å². The summed E-state index contributed by atoms with van der Waals surface area (Å²) in [5, 5.41) is 3.52. The van der Waals surface area contributed by atoms with Crippen molar-refractivity contribution < 1.29 is 14.0 Å². The van der Waals surface area contributed by atoms with Gasteiger partial charge in [0, 0.05) is 10.7 Å². The Balaban J connectivity index is 1.84. The second-order valence-corrected chi connectivity index (χ2v) is 6.58. The van der Waals surface area contributed by atoms with Crippen LogP contribution in [-0.4, -0.2) is 11.8 Å². The summed E-state index contributed by atoms with van der Waals surface area (Å²) in [7, 11) is 0. The lowest BCUT2D eigenvalue weighted by atomic mass is 10.0.